The van der Waals surface area contributed by atoms with Gasteiger partial charge in [0, 0.05) is 38.0 Å². The van der Waals surface area contributed by atoms with Crippen molar-refractivity contribution in [2.45, 2.75) is 33.2 Å². The van der Waals surface area contributed by atoms with Gasteiger partial charge in [-0.15, -0.1) is 0 Å². The molecular formula is C20H24Cl2N4O2. The third-order valence-electron chi connectivity index (χ3n) is 4.10. The van der Waals surface area contributed by atoms with Crippen molar-refractivity contribution in [3.63, 3.8) is 0 Å². The molecule has 0 radical (unpaired) electrons. The molecule has 0 atom stereocenters. The van der Waals surface area contributed by atoms with Crippen molar-refractivity contribution >= 4 is 46.8 Å². The average Bonchev–Trinajstić information content (AvgIpc) is 2.92. The number of carbonyl (C=O) groups excluding carboxylic acids is 2. The van der Waals surface area contributed by atoms with Crippen LogP contribution in [-0.2, 0) is 11.3 Å². The molecule has 150 valence electrons. The van der Waals surface area contributed by atoms with E-state index in [2.05, 4.69) is 17.3 Å². The summed E-state index contributed by atoms with van der Waals surface area (Å²) in [5.41, 5.74) is 2.28. The summed E-state index contributed by atoms with van der Waals surface area (Å²) in [7, 11) is 3.28. The number of nitrogens with one attached hydrogen (secondary N) is 1. The van der Waals surface area contributed by atoms with Gasteiger partial charge in [0.1, 0.15) is 5.15 Å². The third kappa shape index (κ3) is 5.36. The number of carbonyl (C=O) groups is 2. The summed E-state index contributed by atoms with van der Waals surface area (Å²) < 4.78 is 1.75. The number of rotatable bonds is 7. The first-order valence-corrected chi connectivity index (χ1v) is 9.73. The van der Waals surface area contributed by atoms with Crippen molar-refractivity contribution in [2.24, 2.45) is 0 Å². The van der Waals surface area contributed by atoms with Gasteiger partial charge in [0.25, 0.3) is 5.91 Å². The zero-order valence-electron chi connectivity index (χ0n) is 16.4. The minimum atomic E-state index is -0.345. The van der Waals surface area contributed by atoms with Crippen LogP contribution in [0.25, 0.3) is 6.08 Å². The van der Waals surface area contributed by atoms with E-state index in [-0.39, 0.29) is 11.8 Å². The smallest absolute Gasteiger partial charge is 0.254 e. The number of aryl methyl sites for hydroxylation is 2. The molecule has 0 spiro atoms. The summed E-state index contributed by atoms with van der Waals surface area (Å²) in [4.78, 5) is 25.9. The highest BCUT2D eigenvalue weighted by atomic mass is 35.5. The second-order valence-electron chi connectivity index (χ2n) is 6.58. The Labute approximate surface area is 175 Å². The van der Waals surface area contributed by atoms with E-state index in [9.17, 15) is 9.59 Å². The second-order valence-corrected chi connectivity index (χ2v) is 7.35. The summed E-state index contributed by atoms with van der Waals surface area (Å²) in [6.45, 7) is 4.69. The maximum atomic E-state index is 12.3. The van der Waals surface area contributed by atoms with E-state index in [1.165, 1.54) is 11.0 Å². The molecule has 1 N–H and O–H groups in total. The second kappa shape index (κ2) is 9.75. The van der Waals surface area contributed by atoms with Crippen molar-refractivity contribution in [3.05, 3.63) is 51.3 Å². The number of anilines is 1. The Hall–Kier alpha value is -2.31. The molecule has 0 fully saturated rings. The fraction of sp³-hybridized carbons (Fsp3) is 0.350. The van der Waals surface area contributed by atoms with Crippen molar-refractivity contribution in [1.29, 1.82) is 0 Å². The van der Waals surface area contributed by atoms with Gasteiger partial charge in [-0.2, -0.15) is 5.10 Å². The van der Waals surface area contributed by atoms with Gasteiger partial charge in [-0.05, 0) is 37.6 Å². The molecule has 0 unspecified atom stereocenters. The number of aromatic nitrogens is 2. The van der Waals surface area contributed by atoms with Crippen molar-refractivity contribution in [3.8, 4) is 0 Å². The Morgan fingerprint density at radius 1 is 1.29 bits per heavy atom. The lowest BCUT2D eigenvalue weighted by atomic mass is 10.1. The maximum absolute atomic E-state index is 12.3. The highest BCUT2D eigenvalue weighted by Gasteiger charge is 2.14. The van der Waals surface area contributed by atoms with Gasteiger partial charge in [-0.25, -0.2) is 0 Å². The number of amides is 2. The van der Waals surface area contributed by atoms with Crippen LogP contribution in [-0.4, -0.2) is 40.6 Å². The summed E-state index contributed by atoms with van der Waals surface area (Å²) in [6.07, 6.45) is 5.06. The molecule has 0 aliphatic heterocycles. The fourth-order valence-electron chi connectivity index (χ4n) is 2.56. The van der Waals surface area contributed by atoms with Crippen LogP contribution >= 0.6 is 23.2 Å². The molecule has 0 aliphatic carbocycles. The standard InChI is InChI=1S/C20H24Cl2N4O2/c1-5-6-11-26-19(22)15(13(2)24-26)8-10-18(27)23-14-7-9-17(21)16(12-14)20(28)25(3)4/h7-10,12H,5-6,11H2,1-4H3,(H,23,27)/b10-8+. The van der Waals surface area contributed by atoms with Crippen molar-refractivity contribution in [1.82, 2.24) is 14.7 Å². The molecule has 0 saturated heterocycles. The first kappa shape index (κ1) is 22.0. The number of halogens is 2. The van der Waals surface area contributed by atoms with E-state index in [1.54, 1.807) is 43.1 Å². The Balaban J connectivity index is 2.14. The maximum Gasteiger partial charge on any atom is 0.254 e. The molecule has 6 nitrogen and oxygen atoms in total. The Morgan fingerprint density at radius 3 is 2.64 bits per heavy atom. The van der Waals surface area contributed by atoms with Gasteiger partial charge in [-0.3, -0.25) is 14.3 Å². The van der Waals surface area contributed by atoms with Crippen LogP contribution in [0.15, 0.2) is 24.3 Å². The lowest BCUT2D eigenvalue weighted by Gasteiger charge is -2.13. The molecule has 0 aliphatic rings. The van der Waals surface area contributed by atoms with Gasteiger partial charge in [-0.1, -0.05) is 36.5 Å². The van der Waals surface area contributed by atoms with Gasteiger partial charge in [0.05, 0.1) is 16.3 Å². The molecule has 28 heavy (non-hydrogen) atoms. The predicted octanol–water partition coefficient (Wildman–Crippen LogP) is 4.65. The number of benzene rings is 1. The molecule has 1 heterocycles. The molecule has 2 rings (SSSR count). The molecule has 8 heteroatoms. The number of hydrogen-bond donors (Lipinski definition) is 1. The first-order valence-electron chi connectivity index (χ1n) is 8.97. The summed E-state index contributed by atoms with van der Waals surface area (Å²) in [5.74, 6) is -0.583. The van der Waals surface area contributed by atoms with Crippen LogP contribution in [0.2, 0.25) is 10.2 Å². The quantitative estimate of drug-likeness (QED) is 0.660. The molecule has 2 amide bonds. The molecule has 0 bridgehead atoms. The van der Waals surface area contributed by atoms with E-state index < -0.39 is 0 Å². The average molecular weight is 423 g/mol. The minimum Gasteiger partial charge on any atom is -0.345 e. The van der Waals surface area contributed by atoms with Gasteiger partial charge in [0.15, 0.2) is 0 Å². The van der Waals surface area contributed by atoms with Crippen LogP contribution in [0, 0.1) is 6.92 Å². The molecule has 2 aromatic rings. The number of unbranched alkanes of at least 4 members (excludes halogenated alkanes) is 1. The summed E-state index contributed by atoms with van der Waals surface area (Å²) in [5, 5.41) is 7.98. The predicted molar refractivity (Wildman–Crippen MR) is 114 cm³/mol. The largest absolute Gasteiger partial charge is 0.345 e. The SMILES string of the molecule is CCCCn1nc(C)c(/C=C/C(=O)Nc2ccc(Cl)c(C(=O)N(C)C)c2)c1Cl. The summed E-state index contributed by atoms with van der Waals surface area (Å²) >= 11 is 12.5. The molecular weight excluding hydrogens is 399 g/mol. The van der Waals surface area contributed by atoms with Crippen molar-refractivity contribution < 1.29 is 9.59 Å². The highest BCUT2D eigenvalue weighted by molar-refractivity contribution is 6.34. The highest BCUT2D eigenvalue weighted by Crippen LogP contribution is 2.23. The first-order chi connectivity index (χ1) is 13.2. The van der Waals surface area contributed by atoms with Crippen molar-refractivity contribution in [2.75, 3.05) is 19.4 Å². The molecule has 0 saturated carbocycles. The van der Waals surface area contributed by atoms with Gasteiger partial charge < -0.3 is 10.2 Å². The number of nitrogens with zero attached hydrogens (tertiary/aromatic N) is 3. The number of hydrogen-bond acceptors (Lipinski definition) is 3. The fourth-order valence-corrected chi connectivity index (χ4v) is 3.08. The Kier molecular flexibility index (Phi) is 7.66. The Morgan fingerprint density at radius 2 is 2.00 bits per heavy atom. The van der Waals surface area contributed by atoms with Gasteiger partial charge >= 0.3 is 0 Å². The lowest BCUT2D eigenvalue weighted by molar-refractivity contribution is -0.111. The third-order valence-corrected chi connectivity index (χ3v) is 4.83. The van der Waals surface area contributed by atoms with Crippen LogP contribution < -0.4 is 5.32 Å². The van der Waals surface area contributed by atoms with E-state index in [1.807, 2.05) is 6.92 Å². The monoisotopic (exact) mass is 422 g/mol. The zero-order valence-corrected chi connectivity index (χ0v) is 17.9. The molecule has 1 aromatic heterocycles. The van der Waals surface area contributed by atoms with Gasteiger partial charge in [0.2, 0.25) is 5.91 Å². The van der Waals surface area contributed by atoms with E-state index in [0.717, 1.165) is 25.1 Å². The summed E-state index contributed by atoms with van der Waals surface area (Å²) in [6, 6.07) is 4.77. The Bertz CT molecular complexity index is 904. The van der Waals surface area contributed by atoms with Crippen LogP contribution in [0.5, 0.6) is 0 Å². The minimum absolute atomic E-state index is 0.237. The topological polar surface area (TPSA) is 67.2 Å². The van der Waals surface area contributed by atoms with Crippen LogP contribution in [0.3, 0.4) is 0 Å². The van der Waals surface area contributed by atoms with E-state index in [4.69, 9.17) is 23.2 Å². The zero-order chi connectivity index (χ0) is 20.8. The van der Waals surface area contributed by atoms with E-state index in [0.29, 0.717) is 27.0 Å². The molecule has 1 aromatic carbocycles. The normalized spacial score (nSPS) is 11.1. The lowest BCUT2D eigenvalue weighted by Crippen LogP contribution is -2.22. The van der Waals surface area contributed by atoms with E-state index >= 15 is 0 Å². The van der Waals surface area contributed by atoms with Crippen LogP contribution in [0.1, 0.15) is 41.4 Å². The van der Waals surface area contributed by atoms with Crippen LogP contribution in [0.4, 0.5) is 5.69 Å².